The summed E-state index contributed by atoms with van der Waals surface area (Å²) < 4.78 is 5.53. The van der Waals surface area contributed by atoms with Crippen LogP contribution in [0, 0.1) is 0 Å². The fourth-order valence-electron chi connectivity index (χ4n) is 1.32. The topological polar surface area (TPSA) is 49.7 Å². The minimum absolute atomic E-state index is 0.0497. The van der Waals surface area contributed by atoms with Crippen molar-refractivity contribution in [2.75, 3.05) is 13.2 Å². The molecular weight excluding hydrogens is 168 g/mol. The van der Waals surface area contributed by atoms with Crippen LogP contribution in [0.25, 0.3) is 0 Å². The molecule has 0 radical (unpaired) electrons. The van der Waals surface area contributed by atoms with Crippen molar-refractivity contribution in [3.63, 3.8) is 0 Å². The van der Waals surface area contributed by atoms with E-state index in [4.69, 9.17) is 14.9 Å². The molecule has 0 saturated heterocycles. The van der Waals surface area contributed by atoms with E-state index in [1.807, 2.05) is 0 Å². The summed E-state index contributed by atoms with van der Waals surface area (Å²) in [5, 5.41) is 17.9. The van der Waals surface area contributed by atoms with Crippen LogP contribution in [0.5, 0.6) is 0 Å². The Balaban J connectivity index is 3.73. The Kier molecular flexibility index (Phi) is 8.40. The third-order valence-corrected chi connectivity index (χ3v) is 2.01. The zero-order valence-corrected chi connectivity index (χ0v) is 8.70. The number of hydrogen-bond donors (Lipinski definition) is 2. The predicted molar refractivity (Wildman–Crippen MR) is 52.6 cm³/mol. The van der Waals surface area contributed by atoms with E-state index in [1.165, 1.54) is 0 Å². The van der Waals surface area contributed by atoms with Crippen molar-refractivity contribution in [1.29, 1.82) is 0 Å². The van der Waals surface area contributed by atoms with Crippen LogP contribution < -0.4 is 0 Å². The van der Waals surface area contributed by atoms with Crippen molar-refractivity contribution in [3.8, 4) is 0 Å². The monoisotopic (exact) mass is 190 g/mol. The largest absolute Gasteiger partial charge is 0.394 e. The Labute approximate surface area is 80.7 Å². The molecule has 80 valence electrons. The lowest BCUT2D eigenvalue weighted by molar-refractivity contribution is -0.0664. The van der Waals surface area contributed by atoms with Gasteiger partial charge in [-0.1, -0.05) is 26.7 Å². The molecule has 0 aliphatic carbocycles. The molecule has 0 saturated carbocycles. The van der Waals surface area contributed by atoms with E-state index in [1.54, 1.807) is 0 Å². The molecule has 0 bridgehead atoms. The Bertz CT molecular complexity index is 94.3. The van der Waals surface area contributed by atoms with Crippen molar-refractivity contribution in [1.82, 2.24) is 0 Å². The van der Waals surface area contributed by atoms with Gasteiger partial charge in [-0.3, -0.25) is 0 Å². The minimum atomic E-state index is -0.103. The third kappa shape index (κ3) is 6.02. The fraction of sp³-hybridized carbons (Fsp3) is 1.00. The maximum Gasteiger partial charge on any atom is 0.0810 e. The number of ether oxygens (including phenoxy) is 1. The van der Waals surface area contributed by atoms with Crippen LogP contribution in [0.2, 0.25) is 0 Å². The number of aliphatic hydroxyl groups excluding tert-OH is 2. The second-order valence-electron chi connectivity index (χ2n) is 3.32. The fourth-order valence-corrected chi connectivity index (χ4v) is 1.32. The van der Waals surface area contributed by atoms with Gasteiger partial charge >= 0.3 is 0 Å². The van der Waals surface area contributed by atoms with E-state index in [9.17, 15) is 0 Å². The van der Waals surface area contributed by atoms with Crippen molar-refractivity contribution < 1.29 is 14.9 Å². The lowest BCUT2D eigenvalue weighted by Gasteiger charge is -2.21. The Morgan fingerprint density at radius 1 is 0.923 bits per heavy atom. The summed E-state index contributed by atoms with van der Waals surface area (Å²) in [4.78, 5) is 0. The first-order valence-electron chi connectivity index (χ1n) is 5.15. The highest BCUT2D eigenvalue weighted by Gasteiger charge is 2.13. The quantitative estimate of drug-likeness (QED) is 0.607. The molecule has 2 unspecified atom stereocenters. The summed E-state index contributed by atoms with van der Waals surface area (Å²) in [5.41, 5.74) is 0. The zero-order valence-electron chi connectivity index (χ0n) is 8.70. The Morgan fingerprint density at radius 2 is 1.31 bits per heavy atom. The van der Waals surface area contributed by atoms with Crippen LogP contribution in [-0.2, 0) is 4.74 Å². The van der Waals surface area contributed by atoms with E-state index in [-0.39, 0.29) is 25.4 Å². The molecule has 0 amide bonds. The van der Waals surface area contributed by atoms with Gasteiger partial charge in [0.25, 0.3) is 0 Å². The average molecular weight is 190 g/mol. The van der Waals surface area contributed by atoms with Gasteiger partial charge < -0.3 is 14.9 Å². The molecule has 0 aromatic rings. The summed E-state index contributed by atoms with van der Waals surface area (Å²) >= 11 is 0. The van der Waals surface area contributed by atoms with E-state index < -0.39 is 0 Å². The zero-order chi connectivity index (χ0) is 10.1. The number of rotatable bonds is 8. The molecular formula is C10H22O3. The summed E-state index contributed by atoms with van der Waals surface area (Å²) in [7, 11) is 0. The van der Waals surface area contributed by atoms with Gasteiger partial charge in [0.2, 0.25) is 0 Å². The number of hydrogen-bond acceptors (Lipinski definition) is 3. The van der Waals surface area contributed by atoms with E-state index in [0.29, 0.717) is 0 Å². The van der Waals surface area contributed by atoms with Gasteiger partial charge in [0.1, 0.15) is 0 Å². The maximum atomic E-state index is 8.96. The second-order valence-corrected chi connectivity index (χ2v) is 3.32. The minimum Gasteiger partial charge on any atom is -0.394 e. The van der Waals surface area contributed by atoms with Crippen molar-refractivity contribution in [2.24, 2.45) is 0 Å². The molecule has 0 rings (SSSR count). The van der Waals surface area contributed by atoms with Gasteiger partial charge in [-0.2, -0.15) is 0 Å². The first kappa shape index (κ1) is 12.9. The normalized spacial score (nSPS) is 15.7. The summed E-state index contributed by atoms with van der Waals surface area (Å²) in [6, 6.07) is 0. The van der Waals surface area contributed by atoms with Crippen molar-refractivity contribution in [2.45, 2.75) is 51.7 Å². The van der Waals surface area contributed by atoms with Gasteiger partial charge in [0, 0.05) is 0 Å². The molecule has 0 aromatic heterocycles. The van der Waals surface area contributed by atoms with Gasteiger partial charge in [-0.05, 0) is 12.8 Å². The van der Waals surface area contributed by atoms with Crippen LogP contribution >= 0.6 is 0 Å². The Morgan fingerprint density at radius 3 is 1.54 bits per heavy atom. The smallest absolute Gasteiger partial charge is 0.0810 e. The SMILES string of the molecule is CCCC(CO)OC(CO)CCC. The van der Waals surface area contributed by atoms with Crippen molar-refractivity contribution in [3.05, 3.63) is 0 Å². The first-order valence-corrected chi connectivity index (χ1v) is 5.15. The Hall–Kier alpha value is -0.120. The molecule has 0 fully saturated rings. The van der Waals surface area contributed by atoms with Crippen LogP contribution in [0.1, 0.15) is 39.5 Å². The van der Waals surface area contributed by atoms with E-state index in [2.05, 4.69) is 13.8 Å². The molecule has 0 aromatic carbocycles. The first-order chi connectivity index (χ1) is 6.28. The lowest BCUT2D eigenvalue weighted by atomic mass is 10.2. The van der Waals surface area contributed by atoms with Gasteiger partial charge in [-0.15, -0.1) is 0 Å². The summed E-state index contributed by atoms with van der Waals surface area (Å²) in [6.45, 7) is 4.21. The van der Waals surface area contributed by atoms with E-state index in [0.717, 1.165) is 25.7 Å². The molecule has 0 aliphatic rings. The molecule has 3 nitrogen and oxygen atoms in total. The molecule has 0 aliphatic heterocycles. The molecule has 2 atom stereocenters. The highest BCUT2D eigenvalue weighted by Crippen LogP contribution is 2.09. The highest BCUT2D eigenvalue weighted by molar-refractivity contribution is 4.61. The highest BCUT2D eigenvalue weighted by atomic mass is 16.5. The molecule has 2 N–H and O–H groups in total. The van der Waals surface area contributed by atoms with Crippen LogP contribution in [0.4, 0.5) is 0 Å². The van der Waals surface area contributed by atoms with E-state index >= 15 is 0 Å². The van der Waals surface area contributed by atoms with Gasteiger partial charge in [0.15, 0.2) is 0 Å². The predicted octanol–water partition coefficient (Wildman–Crippen LogP) is 1.33. The summed E-state index contributed by atoms with van der Waals surface area (Å²) in [5.74, 6) is 0. The maximum absolute atomic E-state index is 8.96. The van der Waals surface area contributed by atoms with Gasteiger partial charge in [0.05, 0.1) is 25.4 Å². The van der Waals surface area contributed by atoms with Crippen LogP contribution in [0.3, 0.4) is 0 Å². The summed E-state index contributed by atoms with van der Waals surface area (Å²) in [6.07, 6.45) is 3.50. The lowest BCUT2D eigenvalue weighted by Crippen LogP contribution is -2.27. The molecule has 0 spiro atoms. The van der Waals surface area contributed by atoms with Crippen LogP contribution in [0.15, 0.2) is 0 Å². The van der Waals surface area contributed by atoms with Crippen molar-refractivity contribution >= 4 is 0 Å². The van der Waals surface area contributed by atoms with Gasteiger partial charge in [-0.25, -0.2) is 0 Å². The second kappa shape index (κ2) is 8.48. The van der Waals surface area contributed by atoms with Crippen LogP contribution in [-0.4, -0.2) is 35.6 Å². The third-order valence-electron chi connectivity index (χ3n) is 2.01. The molecule has 3 heteroatoms. The molecule has 13 heavy (non-hydrogen) atoms. The standard InChI is InChI=1S/C10H22O3/c1-3-5-9(7-11)13-10(8-12)6-4-2/h9-12H,3-8H2,1-2H3. The molecule has 0 heterocycles. The average Bonchev–Trinajstić information content (AvgIpc) is 2.16. The number of aliphatic hydroxyl groups is 2.